The van der Waals surface area contributed by atoms with E-state index in [9.17, 15) is 0 Å². The van der Waals surface area contributed by atoms with E-state index in [4.69, 9.17) is 5.26 Å². The van der Waals surface area contributed by atoms with Crippen molar-refractivity contribution < 1.29 is 0 Å². The van der Waals surface area contributed by atoms with E-state index in [0.29, 0.717) is 6.42 Å². The van der Waals surface area contributed by atoms with Crippen LogP contribution in [-0.4, -0.2) is 21.4 Å². The molecule has 3 heteroatoms. The van der Waals surface area contributed by atoms with Gasteiger partial charge >= 0.3 is 0 Å². The Morgan fingerprint density at radius 1 is 0.960 bits per heavy atom. The first-order valence-corrected chi connectivity index (χ1v) is 10.2. The topological polar surface area (TPSA) is 27.0 Å². The van der Waals surface area contributed by atoms with Crippen molar-refractivity contribution in [3.8, 4) is 17.2 Å². The number of halogens is 1. The second-order valence-corrected chi connectivity index (χ2v) is 9.30. The molecule has 3 rings (SSSR count). The van der Waals surface area contributed by atoms with E-state index in [0.717, 1.165) is 38.9 Å². The van der Waals surface area contributed by atoms with Crippen LogP contribution in [0.2, 0.25) is 0 Å². The van der Waals surface area contributed by atoms with Gasteiger partial charge in [-0.05, 0) is 54.6 Å². The molecule has 0 aliphatic carbocycles. The number of nitrogens with zero attached hydrogens (tertiary/aromatic N) is 2. The summed E-state index contributed by atoms with van der Waals surface area (Å²) in [4.78, 5) is 2.51. The molecule has 1 aliphatic rings. The summed E-state index contributed by atoms with van der Waals surface area (Å²) < 4.78 is 0.192. The fourth-order valence-electron chi connectivity index (χ4n) is 3.42. The van der Waals surface area contributed by atoms with Gasteiger partial charge < -0.3 is 0 Å². The molecule has 2 aromatic carbocycles. The third kappa shape index (κ3) is 4.83. The Kier molecular flexibility index (Phi) is 6.14. The Morgan fingerprint density at radius 3 is 1.96 bits per heavy atom. The third-order valence-corrected chi connectivity index (χ3v) is 6.66. The number of aryl methyl sites for hydroxylation is 1. The van der Waals surface area contributed by atoms with Crippen LogP contribution in [0.3, 0.4) is 0 Å². The normalized spacial score (nSPS) is 17.2. The quantitative estimate of drug-likeness (QED) is 0.444. The van der Waals surface area contributed by atoms with Gasteiger partial charge in [-0.1, -0.05) is 78.0 Å². The van der Waals surface area contributed by atoms with Gasteiger partial charge in [0.1, 0.15) is 0 Å². The van der Waals surface area contributed by atoms with Crippen LogP contribution in [0.15, 0.2) is 48.5 Å². The number of benzene rings is 2. The molecule has 0 N–H and O–H groups in total. The van der Waals surface area contributed by atoms with E-state index in [1.54, 1.807) is 0 Å². The molecule has 1 fully saturated rings. The Balaban J connectivity index is 1.59. The predicted octanol–water partition coefficient (Wildman–Crippen LogP) is 5.60. The van der Waals surface area contributed by atoms with Crippen LogP contribution in [0.4, 0.5) is 0 Å². The van der Waals surface area contributed by atoms with Crippen LogP contribution in [0, 0.1) is 11.3 Å². The van der Waals surface area contributed by atoms with Crippen molar-refractivity contribution in [3.05, 3.63) is 59.7 Å². The van der Waals surface area contributed by atoms with Gasteiger partial charge in [-0.15, -0.1) is 0 Å². The highest BCUT2D eigenvalue weighted by molar-refractivity contribution is 14.1. The summed E-state index contributed by atoms with van der Waals surface area (Å²) in [6, 6.07) is 20.2. The fraction of sp³-hybridized carbons (Fsp3) is 0.409. The highest BCUT2D eigenvalue weighted by atomic mass is 127. The van der Waals surface area contributed by atoms with E-state index in [2.05, 4.69) is 89.0 Å². The largest absolute Gasteiger partial charge is 0.299 e. The minimum Gasteiger partial charge on any atom is -0.299 e. The zero-order chi connectivity index (χ0) is 17.7. The van der Waals surface area contributed by atoms with Gasteiger partial charge in [0.2, 0.25) is 0 Å². The summed E-state index contributed by atoms with van der Waals surface area (Å²) in [5.74, 6) is 0. The van der Waals surface area contributed by atoms with E-state index in [1.165, 1.54) is 22.3 Å². The summed E-state index contributed by atoms with van der Waals surface area (Å²) in [5.41, 5.74) is 5.32. The van der Waals surface area contributed by atoms with Crippen LogP contribution in [-0.2, 0) is 13.0 Å². The van der Waals surface area contributed by atoms with Gasteiger partial charge in [-0.25, -0.2) is 0 Å². The van der Waals surface area contributed by atoms with Gasteiger partial charge in [-0.2, -0.15) is 5.26 Å². The second-order valence-electron chi connectivity index (χ2n) is 7.01. The third-order valence-electron chi connectivity index (χ3n) is 5.20. The lowest BCUT2D eigenvalue weighted by Crippen LogP contribution is -2.40. The molecule has 1 heterocycles. The zero-order valence-electron chi connectivity index (χ0n) is 14.8. The highest BCUT2D eigenvalue weighted by Gasteiger charge is 2.31. The van der Waals surface area contributed by atoms with Gasteiger partial charge in [0.15, 0.2) is 0 Å². The molecule has 0 amide bonds. The van der Waals surface area contributed by atoms with Crippen molar-refractivity contribution >= 4 is 22.6 Å². The first kappa shape index (κ1) is 18.4. The fourth-order valence-corrected chi connectivity index (χ4v) is 4.08. The smallest absolute Gasteiger partial charge is 0.0635 e. The van der Waals surface area contributed by atoms with Gasteiger partial charge in [-0.3, -0.25) is 4.90 Å². The van der Waals surface area contributed by atoms with Crippen LogP contribution >= 0.6 is 22.6 Å². The van der Waals surface area contributed by atoms with Crippen molar-refractivity contribution in [3.63, 3.8) is 0 Å². The Labute approximate surface area is 165 Å². The maximum atomic E-state index is 8.97. The summed E-state index contributed by atoms with van der Waals surface area (Å²) in [6.07, 6.45) is 3.99. The van der Waals surface area contributed by atoms with E-state index < -0.39 is 0 Å². The summed E-state index contributed by atoms with van der Waals surface area (Å²) in [5, 5.41) is 8.97. The number of alkyl halides is 1. The van der Waals surface area contributed by atoms with Crippen LogP contribution in [0.25, 0.3) is 11.1 Å². The molecule has 2 nitrogen and oxygen atoms in total. The number of rotatable bonds is 5. The molecule has 0 aromatic heterocycles. The molecule has 25 heavy (non-hydrogen) atoms. The van der Waals surface area contributed by atoms with Crippen LogP contribution in [0.5, 0.6) is 0 Å². The van der Waals surface area contributed by atoms with Crippen molar-refractivity contribution in [1.82, 2.24) is 4.90 Å². The number of likely N-dealkylation sites (tertiary alicyclic amines) is 1. The number of hydrogen-bond donors (Lipinski definition) is 0. The van der Waals surface area contributed by atoms with Crippen LogP contribution < -0.4 is 0 Å². The second kappa shape index (κ2) is 8.33. The average molecular weight is 444 g/mol. The van der Waals surface area contributed by atoms with Gasteiger partial charge in [0, 0.05) is 16.4 Å². The number of piperidine rings is 1. The van der Waals surface area contributed by atoms with E-state index >= 15 is 0 Å². The lowest BCUT2D eigenvalue weighted by molar-refractivity contribution is 0.199. The summed E-state index contributed by atoms with van der Waals surface area (Å²) in [7, 11) is 0. The summed E-state index contributed by atoms with van der Waals surface area (Å²) in [6.45, 7) is 5.37. The first-order chi connectivity index (χ1) is 12.1. The lowest BCUT2D eigenvalue weighted by atomic mass is 9.93. The predicted molar refractivity (Wildman–Crippen MR) is 113 cm³/mol. The summed E-state index contributed by atoms with van der Waals surface area (Å²) >= 11 is 2.50. The monoisotopic (exact) mass is 444 g/mol. The molecule has 0 radical (unpaired) electrons. The van der Waals surface area contributed by atoms with Gasteiger partial charge in [0.25, 0.3) is 0 Å². The molecule has 0 unspecified atom stereocenters. The highest BCUT2D eigenvalue weighted by Crippen LogP contribution is 2.35. The number of hydrogen-bond acceptors (Lipinski definition) is 2. The Morgan fingerprint density at radius 2 is 1.48 bits per heavy atom. The minimum atomic E-state index is 0.192. The van der Waals surface area contributed by atoms with Gasteiger partial charge in [0.05, 0.1) is 6.07 Å². The van der Waals surface area contributed by atoms with E-state index in [-0.39, 0.29) is 3.42 Å². The maximum absolute atomic E-state index is 8.97. The molecule has 2 aromatic rings. The lowest BCUT2D eigenvalue weighted by Gasteiger charge is -2.36. The van der Waals surface area contributed by atoms with Crippen molar-refractivity contribution in [2.75, 3.05) is 13.1 Å². The minimum absolute atomic E-state index is 0.192. The average Bonchev–Trinajstić information content (AvgIpc) is 2.65. The first-order valence-electron chi connectivity index (χ1n) is 9.08. The molecule has 0 spiro atoms. The molecule has 1 saturated heterocycles. The Hall–Kier alpha value is -1.38. The number of nitriles is 1. The molecular formula is C22H25IN2. The SMILES string of the molecule is CCc1ccc(-c2ccc(CN3CCC(I)(CC#N)CC3)cc2)cc1. The molecule has 130 valence electrons. The molecule has 1 aliphatic heterocycles. The van der Waals surface area contributed by atoms with E-state index in [1.807, 2.05) is 0 Å². The molecule has 0 atom stereocenters. The zero-order valence-corrected chi connectivity index (χ0v) is 17.0. The van der Waals surface area contributed by atoms with Crippen molar-refractivity contribution in [2.45, 2.75) is 42.6 Å². The molecule has 0 saturated carbocycles. The van der Waals surface area contributed by atoms with Crippen molar-refractivity contribution in [1.29, 1.82) is 5.26 Å². The maximum Gasteiger partial charge on any atom is 0.0635 e. The standard InChI is InChI=1S/C22H25IN2/c1-2-18-3-7-20(8-4-18)21-9-5-19(6-10-21)17-25-15-12-22(23,11-14-24)13-16-25/h3-10H,2,11-13,15-17H2,1H3. The Bertz CT molecular complexity index is 720. The van der Waals surface area contributed by atoms with Crippen LogP contribution in [0.1, 0.15) is 37.3 Å². The molecule has 0 bridgehead atoms. The molecular weight excluding hydrogens is 419 g/mol. The van der Waals surface area contributed by atoms with Crippen molar-refractivity contribution in [2.24, 2.45) is 0 Å².